The molecule has 0 amide bonds. The molecule has 0 aromatic heterocycles. The molecule has 0 radical (unpaired) electrons. The Hall–Kier alpha value is -1.26. The molecule has 1 aromatic carbocycles. The van der Waals surface area contributed by atoms with E-state index in [1.807, 2.05) is 18.2 Å². The molecule has 0 saturated carbocycles. The van der Waals surface area contributed by atoms with Crippen molar-refractivity contribution in [3.8, 4) is 11.5 Å². The van der Waals surface area contributed by atoms with Gasteiger partial charge in [0.2, 0.25) is 0 Å². The molecule has 2 heterocycles. The van der Waals surface area contributed by atoms with E-state index in [0.717, 1.165) is 55.8 Å². The summed E-state index contributed by atoms with van der Waals surface area (Å²) in [6.07, 6.45) is 4.66. The van der Waals surface area contributed by atoms with E-state index < -0.39 is 6.10 Å². The minimum atomic E-state index is -0.462. The molecule has 0 bridgehead atoms. The molecule has 1 fully saturated rings. The molecule has 1 aromatic rings. The summed E-state index contributed by atoms with van der Waals surface area (Å²) >= 11 is 0. The van der Waals surface area contributed by atoms with Crippen LogP contribution in [-0.2, 0) is 4.74 Å². The van der Waals surface area contributed by atoms with Gasteiger partial charge in [0, 0.05) is 13.0 Å². The van der Waals surface area contributed by atoms with Crippen LogP contribution in [-0.4, -0.2) is 31.0 Å². The average Bonchev–Trinajstić information content (AvgIpc) is 2.88. The maximum absolute atomic E-state index is 10.3. The molecule has 0 aliphatic carbocycles. The second-order valence-corrected chi connectivity index (χ2v) is 5.48. The number of hydrogen-bond donors (Lipinski definition) is 1. The molecule has 4 heteroatoms. The predicted molar refractivity (Wildman–Crippen MR) is 75.2 cm³/mol. The SMILES string of the molecule is OC(CCC1CCCO1)c1ccc2c(c1)OCCCO2. The van der Waals surface area contributed by atoms with E-state index in [9.17, 15) is 5.11 Å². The summed E-state index contributed by atoms with van der Waals surface area (Å²) < 4.78 is 16.8. The highest BCUT2D eigenvalue weighted by Crippen LogP contribution is 2.33. The minimum absolute atomic E-state index is 0.324. The molecule has 2 aliphatic heterocycles. The molecular weight excluding hydrogens is 256 g/mol. The highest BCUT2D eigenvalue weighted by molar-refractivity contribution is 5.44. The Morgan fingerprint density at radius 2 is 1.95 bits per heavy atom. The first-order valence-corrected chi connectivity index (χ1v) is 7.52. The highest BCUT2D eigenvalue weighted by atomic mass is 16.5. The third-order valence-electron chi connectivity index (χ3n) is 3.94. The summed E-state index contributed by atoms with van der Waals surface area (Å²) in [5, 5.41) is 10.3. The summed E-state index contributed by atoms with van der Waals surface area (Å²) in [6.45, 7) is 2.22. The first-order valence-electron chi connectivity index (χ1n) is 7.52. The second-order valence-electron chi connectivity index (χ2n) is 5.48. The number of fused-ring (bicyclic) bond motifs is 1. The summed E-state index contributed by atoms with van der Waals surface area (Å²) in [7, 11) is 0. The Morgan fingerprint density at radius 1 is 1.10 bits per heavy atom. The van der Waals surface area contributed by atoms with Gasteiger partial charge in [-0.2, -0.15) is 0 Å². The molecule has 20 heavy (non-hydrogen) atoms. The number of aliphatic hydroxyl groups excluding tert-OH is 1. The monoisotopic (exact) mass is 278 g/mol. The van der Waals surface area contributed by atoms with Gasteiger partial charge >= 0.3 is 0 Å². The Morgan fingerprint density at radius 3 is 2.75 bits per heavy atom. The van der Waals surface area contributed by atoms with E-state index in [0.29, 0.717) is 19.3 Å². The van der Waals surface area contributed by atoms with Crippen molar-refractivity contribution >= 4 is 0 Å². The van der Waals surface area contributed by atoms with Gasteiger partial charge in [0.25, 0.3) is 0 Å². The number of ether oxygens (including phenoxy) is 3. The standard InChI is InChI=1S/C16H22O4/c17-14(6-5-13-3-1-8-18-13)12-4-7-15-16(11-12)20-10-2-9-19-15/h4,7,11,13-14,17H,1-3,5-6,8-10H2. The van der Waals surface area contributed by atoms with E-state index >= 15 is 0 Å². The van der Waals surface area contributed by atoms with Crippen LogP contribution in [0.5, 0.6) is 11.5 Å². The normalized spacial score (nSPS) is 23.4. The first kappa shape index (κ1) is 13.7. The van der Waals surface area contributed by atoms with E-state index in [1.165, 1.54) is 0 Å². The van der Waals surface area contributed by atoms with E-state index in [2.05, 4.69) is 0 Å². The van der Waals surface area contributed by atoms with Gasteiger partial charge < -0.3 is 19.3 Å². The number of rotatable bonds is 4. The van der Waals surface area contributed by atoms with E-state index in [4.69, 9.17) is 14.2 Å². The van der Waals surface area contributed by atoms with Crippen molar-refractivity contribution in [2.45, 2.75) is 44.3 Å². The van der Waals surface area contributed by atoms with Crippen LogP contribution in [0, 0.1) is 0 Å². The fourth-order valence-corrected chi connectivity index (χ4v) is 2.77. The van der Waals surface area contributed by atoms with Crippen LogP contribution < -0.4 is 9.47 Å². The van der Waals surface area contributed by atoms with Gasteiger partial charge in [-0.05, 0) is 43.4 Å². The fraction of sp³-hybridized carbons (Fsp3) is 0.625. The van der Waals surface area contributed by atoms with Crippen LogP contribution >= 0.6 is 0 Å². The van der Waals surface area contributed by atoms with Crippen LogP contribution in [0.15, 0.2) is 18.2 Å². The zero-order chi connectivity index (χ0) is 13.8. The smallest absolute Gasteiger partial charge is 0.161 e. The Kier molecular flexibility index (Phi) is 4.43. The lowest BCUT2D eigenvalue weighted by molar-refractivity contribution is 0.0811. The summed E-state index contributed by atoms with van der Waals surface area (Å²) in [4.78, 5) is 0. The van der Waals surface area contributed by atoms with Crippen molar-refractivity contribution in [1.82, 2.24) is 0 Å². The van der Waals surface area contributed by atoms with Crippen molar-refractivity contribution in [3.05, 3.63) is 23.8 Å². The predicted octanol–water partition coefficient (Wildman–Crippen LogP) is 2.84. The average molecular weight is 278 g/mol. The van der Waals surface area contributed by atoms with E-state index in [-0.39, 0.29) is 0 Å². The maximum Gasteiger partial charge on any atom is 0.161 e. The second kappa shape index (κ2) is 6.46. The Bertz CT molecular complexity index is 440. The fourth-order valence-electron chi connectivity index (χ4n) is 2.77. The lowest BCUT2D eigenvalue weighted by atomic mass is 10.0. The molecule has 110 valence electrons. The lowest BCUT2D eigenvalue weighted by Gasteiger charge is -2.16. The molecule has 3 rings (SSSR count). The third kappa shape index (κ3) is 3.25. The zero-order valence-electron chi connectivity index (χ0n) is 11.7. The topological polar surface area (TPSA) is 47.9 Å². The van der Waals surface area contributed by atoms with Gasteiger partial charge in [0.15, 0.2) is 11.5 Å². The van der Waals surface area contributed by atoms with Crippen LogP contribution in [0.4, 0.5) is 0 Å². The molecule has 4 nitrogen and oxygen atoms in total. The molecule has 1 saturated heterocycles. The number of benzene rings is 1. The summed E-state index contributed by atoms with van der Waals surface area (Å²) in [5.74, 6) is 1.52. The minimum Gasteiger partial charge on any atom is -0.490 e. The summed E-state index contributed by atoms with van der Waals surface area (Å²) in [5.41, 5.74) is 0.896. The van der Waals surface area contributed by atoms with Crippen molar-refractivity contribution in [3.63, 3.8) is 0 Å². The lowest BCUT2D eigenvalue weighted by Crippen LogP contribution is -2.08. The number of aliphatic hydroxyl groups is 1. The van der Waals surface area contributed by atoms with Crippen molar-refractivity contribution in [1.29, 1.82) is 0 Å². The van der Waals surface area contributed by atoms with Crippen LogP contribution in [0.3, 0.4) is 0 Å². The van der Waals surface area contributed by atoms with Gasteiger partial charge in [0.05, 0.1) is 25.4 Å². The summed E-state index contributed by atoms with van der Waals surface area (Å²) in [6, 6.07) is 5.72. The van der Waals surface area contributed by atoms with Crippen LogP contribution in [0.1, 0.15) is 43.8 Å². The molecule has 2 aliphatic rings. The van der Waals surface area contributed by atoms with Crippen LogP contribution in [0.2, 0.25) is 0 Å². The quantitative estimate of drug-likeness (QED) is 0.920. The maximum atomic E-state index is 10.3. The molecule has 2 atom stereocenters. The Balaban J connectivity index is 1.62. The molecular formula is C16H22O4. The Labute approximate surface area is 119 Å². The van der Waals surface area contributed by atoms with Gasteiger partial charge in [-0.15, -0.1) is 0 Å². The van der Waals surface area contributed by atoms with Crippen molar-refractivity contribution in [2.24, 2.45) is 0 Å². The van der Waals surface area contributed by atoms with Gasteiger partial charge in [0.1, 0.15) is 0 Å². The highest BCUT2D eigenvalue weighted by Gasteiger charge is 2.19. The third-order valence-corrected chi connectivity index (χ3v) is 3.94. The van der Waals surface area contributed by atoms with Gasteiger partial charge in [-0.25, -0.2) is 0 Å². The van der Waals surface area contributed by atoms with Gasteiger partial charge in [-0.1, -0.05) is 6.07 Å². The molecule has 1 N–H and O–H groups in total. The van der Waals surface area contributed by atoms with Crippen molar-refractivity contribution in [2.75, 3.05) is 19.8 Å². The van der Waals surface area contributed by atoms with Gasteiger partial charge in [-0.3, -0.25) is 0 Å². The van der Waals surface area contributed by atoms with Crippen molar-refractivity contribution < 1.29 is 19.3 Å². The molecule has 2 unspecified atom stereocenters. The zero-order valence-corrected chi connectivity index (χ0v) is 11.7. The van der Waals surface area contributed by atoms with E-state index in [1.54, 1.807) is 0 Å². The number of hydrogen-bond acceptors (Lipinski definition) is 4. The first-order chi connectivity index (χ1) is 9.83. The molecule has 0 spiro atoms. The van der Waals surface area contributed by atoms with Crippen LogP contribution in [0.25, 0.3) is 0 Å². The largest absolute Gasteiger partial charge is 0.490 e.